The Morgan fingerprint density at radius 1 is 1.10 bits per heavy atom. The van der Waals surface area contributed by atoms with Crippen molar-refractivity contribution in [3.63, 3.8) is 0 Å². The lowest BCUT2D eigenvalue weighted by molar-refractivity contribution is 0.277. The average Bonchev–Trinajstić information content (AvgIpc) is 2.94. The highest BCUT2D eigenvalue weighted by atomic mass is 16.5. The van der Waals surface area contributed by atoms with Gasteiger partial charge in [0.1, 0.15) is 11.5 Å². The van der Waals surface area contributed by atoms with Crippen LogP contribution in [0.2, 0.25) is 0 Å². The number of ether oxygens (including phenoxy) is 3. The van der Waals surface area contributed by atoms with E-state index >= 15 is 0 Å². The van der Waals surface area contributed by atoms with Crippen molar-refractivity contribution >= 4 is 0 Å². The van der Waals surface area contributed by atoms with Crippen LogP contribution in [0.25, 0.3) is 11.3 Å². The van der Waals surface area contributed by atoms with Crippen LogP contribution in [0, 0.1) is 0 Å². The molecule has 0 saturated heterocycles. The Hall–Kier alpha value is -2.21. The Bertz CT molecular complexity index is 579. The van der Waals surface area contributed by atoms with Gasteiger partial charge in [-0.05, 0) is 12.1 Å². The second-order valence-electron chi connectivity index (χ2n) is 4.03. The molecule has 0 saturated carbocycles. The lowest BCUT2D eigenvalue weighted by Gasteiger charge is -2.14. The molecule has 1 N–H and O–H groups in total. The molecule has 2 aromatic rings. The van der Waals surface area contributed by atoms with Gasteiger partial charge >= 0.3 is 0 Å². The van der Waals surface area contributed by atoms with Crippen molar-refractivity contribution < 1.29 is 23.8 Å². The number of rotatable bonds is 6. The second kappa shape index (κ2) is 6.29. The lowest BCUT2D eigenvalue weighted by Crippen LogP contribution is -1.96. The molecule has 0 amide bonds. The van der Waals surface area contributed by atoms with Crippen LogP contribution in [0.3, 0.4) is 0 Å². The van der Waals surface area contributed by atoms with E-state index in [2.05, 4.69) is 5.16 Å². The summed E-state index contributed by atoms with van der Waals surface area (Å²) >= 11 is 0. The molecule has 0 bridgehead atoms. The number of hydrogen-bond donors (Lipinski definition) is 1. The van der Waals surface area contributed by atoms with Gasteiger partial charge in [-0.3, -0.25) is 0 Å². The van der Waals surface area contributed by atoms with Crippen molar-refractivity contribution in [1.82, 2.24) is 5.16 Å². The summed E-state index contributed by atoms with van der Waals surface area (Å²) in [5.74, 6) is 2.21. The third-order valence-corrected chi connectivity index (χ3v) is 2.90. The Morgan fingerprint density at radius 2 is 1.85 bits per heavy atom. The van der Waals surface area contributed by atoms with Crippen LogP contribution in [0.4, 0.5) is 0 Å². The van der Waals surface area contributed by atoms with Crippen LogP contribution in [-0.2, 0) is 6.42 Å². The first-order chi connectivity index (χ1) is 9.74. The van der Waals surface area contributed by atoms with Crippen molar-refractivity contribution in [3.05, 3.63) is 24.0 Å². The van der Waals surface area contributed by atoms with E-state index in [9.17, 15) is 0 Å². The van der Waals surface area contributed by atoms with Crippen molar-refractivity contribution in [2.24, 2.45) is 0 Å². The number of nitrogens with zero attached hydrogens (tertiary/aromatic N) is 1. The number of methoxy groups -OCH3 is 3. The number of benzene rings is 1. The van der Waals surface area contributed by atoms with E-state index in [1.54, 1.807) is 33.5 Å². The molecule has 0 spiro atoms. The third-order valence-electron chi connectivity index (χ3n) is 2.90. The maximum atomic E-state index is 8.90. The van der Waals surface area contributed by atoms with Gasteiger partial charge in [0.15, 0.2) is 11.5 Å². The van der Waals surface area contributed by atoms with Gasteiger partial charge in [0.05, 0.1) is 27.9 Å². The van der Waals surface area contributed by atoms with E-state index in [-0.39, 0.29) is 6.61 Å². The van der Waals surface area contributed by atoms with E-state index in [0.29, 0.717) is 35.1 Å². The van der Waals surface area contributed by atoms with Gasteiger partial charge in [-0.2, -0.15) is 0 Å². The Morgan fingerprint density at radius 3 is 2.45 bits per heavy atom. The van der Waals surface area contributed by atoms with Gasteiger partial charge in [0.25, 0.3) is 0 Å². The van der Waals surface area contributed by atoms with Crippen LogP contribution in [0.1, 0.15) is 5.76 Å². The molecule has 2 rings (SSSR count). The maximum Gasteiger partial charge on any atom is 0.203 e. The first-order valence-corrected chi connectivity index (χ1v) is 6.11. The summed E-state index contributed by atoms with van der Waals surface area (Å²) < 4.78 is 21.1. The summed E-state index contributed by atoms with van der Waals surface area (Å²) in [7, 11) is 4.66. The quantitative estimate of drug-likeness (QED) is 0.870. The fraction of sp³-hybridized carbons (Fsp3) is 0.357. The molecular weight excluding hydrogens is 262 g/mol. The zero-order valence-corrected chi connectivity index (χ0v) is 11.7. The Labute approximate surface area is 116 Å². The zero-order chi connectivity index (χ0) is 14.5. The molecule has 1 aromatic heterocycles. The largest absolute Gasteiger partial charge is 0.493 e. The van der Waals surface area contributed by atoms with Crippen LogP contribution in [0.5, 0.6) is 17.2 Å². The number of aromatic nitrogens is 1. The summed E-state index contributed by atoms with van der Waals surface area (Å²) in [6.45, 7) is 0.0116. The Kier molecular flexibility index (Phi) is 4.47. The molecule has 1 heterocycles. The topological polar surface area (TPSA) is 74.0 Å². The van der Waals surface area contributed by atoms with Gasteiger partial charge in [-0.15, -0.1) is 0 Å². The fourth-order valence-electron chi connectivity index (χ4n) is 1.97. The molecule has 108 valence electrons. The predicted molar refractivity (Wildman–Crippen MR) is 72.4 cm³/mol. The summed E-state index contributed by atoms with van der Waals surface area (Å²) in [6.07, 6.45) is 0.419. The molecule has 0 radical (unpaired) electrons. The highest BCUT2D eigenvalue weighted by Crippen LogP contribution is 2.43. The van der Waals surface area contributed by atoms with Crippen molar-refractivity contribution in [3.8, 4) is 28.5 Å². The SMILES string of the molecule is COc1ccc(-c2cc(CCO)on2)c(OC)c1OC. The standard InChI is InChI=1S/C14H17NO5/c1-17-12-5-4-10(13(18-2)14(12)19-3)11-8-9(6-7-16)20-15-11/h4-5,8,16H,6-7H2,1-3H3. The summed E-state index contributed by atoms with van der Waals surface area (Å²) in [5.41, 5.74) is 1.35. The first kappa shape index (κ1) is 14.2. The van der Waals surface area contributed by atoms with Crippen LogP contribution in [-0.4, -0.2) is 38.2 Å². The molecule has 0 atom stereocenters. The van der Waals surface area contributed by atoms with Crippen molar-refractivity contribution in [1.29, 1.82) is 0 Å². The monoisotopic (exact) mass is 279 g/mol. The van der Waals surface area contributed by atoms with Gasteiger partial charge in [-0.25, -0.2) is 0 Å². The molecule has 6 heteroatoms. The second-order valence-corrected chi connectivity index (χ2v) is 4.03. The number of aliphatic hydroxyl groups excluding tert-OH is 1. The van der Waals surface area contributed by atoms with Crippen LogP contribution >= 0.6 is 0 Å². The molecule has 0 aliphatic heterocycles. The van der Waals surface area contributed by atoms with Gasteiger partial charge in [-0.1, -0.05) is 5.16 Å². The van der Waals surface area contributed by atoms with Crippen LogP contribution < -0.4 is 14.2 Å². The number of hydrogen-bond acceptors (Lipinski definition) is 6. The average molecular weight is 279 g/mol. The molecule has 0 aliphatic rings. The maximum absolute atomic E-state index is 8.90. The smallest absolute Gasteiger partial charge is 0.203 e. The summed E-state index contributed by atoms with van der Waals surface area (Å²) in [5, 5.41) is 12.9. The Balaban J connectivity index is 2.49. The molecule has 20 heavy (non-hydrogen) atoms. The molecule has 0 unspecified atom stereocenters. The normalized spacial score (nSPS) is 10.4. The van der Waals surface area contributed by atoms with E-state index in [1.807, 2.05) is 6.07 Å². The lowest BCUT2D eigenvalue weighted by atomic mass is 10.1. The first-order valence-electron chi connectivity index (χ1n) is 6.11. The molecular formula is C14H17NO5. The summed E-state index contributed by atoms with van der Waals surface area (Å²) in [4.78, 5) is 0. The van der Waals surface area contributed by atoms with Gasteiger partial charge < -0.3 is 23.8 Å². The van der Waals surface area contributed by atoms with Gasteiger partial charge in [0.2, 0.25) is 5.75 Å². The molecule has 0 aliphatic carbocycles. The van der Waals surface area contributed by atoms with E-state index in [0.717, 1.165) is 5.56 Å². The van der Waals surface area contributed by atoms with E-state index in [4.69, 9.17) is 23.8 Å². The minimum atomic E-state index is 0.0116. The molecule has 1 aromatic carbocycles. The highest BCUT2D eigenvalue weighted by molar-refractivity contribution is 5.74. The van der Waals surface area contributed by atoms with E-state index < -0.39 is 0 Å². The van der Waals surface area contributed by atoms with Crippen LogP contribution in [0.15, 0.2) is 22.7 Å². The van der Waals surface area contributed by atoms with Gasteiger partial charge in [0, 0.05) is 18.1 Å². The molecule has 6 nitrogen and oxygen atoms in total. The fourth-order valence-corrected chi connectivity index (χ4v) is 1.97. The van der Waals surface area contributed by atoms with Crippen molar-refractivity contribution in [2.45, 2.75) is 6.42 Å². The number of aliphatic hydroxyl groups is 1. The minimum Gasteiger partial charge on any atom is -0.493 e. The molecule has 0 fully saturated rings. The minimum absolute atomic E-state index is 0.0116. The summed E-state index contributed by atoms with van der Waals surface area (Å²) in [6, 6.07) is 5.36. The van der Waals surface area contributed by atoms with E-state index in [1.165, 1.54) is 0 Å². The zero-order valence-electron chi connectivity index (χ0n) is 11.7. The predicted octanol–water partition coefficient (Wildman–Crippen LogP) is 1.90. The van der Waals surface area contributed by atoms with Crippen molar-refractivity contribution in [2.75, 3.05) is 27.9 Å². The third kappa shape index (κ3) is 2.55. The highest BCUT2D eigenvalue weighted by Gasteiger charge is 2.19.